The van der Waals surface area contributed by atoms with Crippen molar-refractivity contribution in [2.45, 2.75) is 24.4 Å². The van der Waals surface area contributed by atoms with E-state index in [1.807, 2.05) is 78.9 Å². The predicted octanol–water partition coefficient (Wildman–Crippen LogP) is 4.04. The highest BCUT2D eigenvalue weighted by atomic mass is 16.2. The number of carbonyl (C=O) groups excluding carboxylic acids is 2. The molecule has 0 radical (unpaired) electrons. The van der Waals surface area contributed by atoms with Crippen molar-refractivity contribution in [3.05, 3.63) is 108 Å². The monoisotopic (exact) mass is 370 g/mol. The van der Waals surface area contributed by atoms with Crippen LogP contribution in [0.2, 0.25) is 0 Å². The third-order valence-electron chi connectivity index (χ3n) is 5.38. The summed E-state index contributed by atoms with van der Waals surface area (Å²) < 4.78 is 0. The van der Waals surface area contributed by atoms with Gasteiger partial charge in [0.05, 0.1) is 5.54 Å². The van der Waals surface area contributed by atoms with Gasteiger partial charge in [-0.3, -0.25) is 9.59 Å². The van der Waals surface area contributed by atoms with Crippen molar-refractivity contribution in [3.63, 3.8) is 0 Å². The molecule has 0 heterocycles. The Balaban J connectivity index is 1.87. The molecule has 1 aliphatic carbocycles. The summed E-state index contributed by atoms with van der Waals surface area (Å²) in [5.74, 6) is -0.715. The molecule has 1 unspecified atom stereocenters. The molecule has 0 saturated heterocycles. The first-order valence-corrected chi connectivity index (χ1v) is 9.42. The van der Waals surface area contributed by atoms with Gasteiger partial charge in [0.2, 0.25) is 5.91 Å². The van der Waals surface area contributed by atoms with Crippen LogP contribution in [0.3, 0.4) is 0 Å². The van der Waals surface area contributed by atoms with Crippen molar-refractivity contribution in [1.29, 1.82) is 0 Å². The van der Waals surface area contributed by atoms with Gasteiger partial charge in [-0.25, -0.2) is 0 Å². The van der Waals surface area contributed by atoms with E-state index in [2.05, 4.69) is 0 Å². The lowest BCUT2D eigenvalue weighted by Crippen LogP contribution is -2.48. The van der Waals surface area contributed by atoms with E-state index < -0.39 is 17.5 Å². The maximum absolute atomic E-state index is 13.6. The number of benzene rings is 3. The van der Waals surface area contributed by atoms with Gasteiger partial charge in [0.1, 0.15) is 6.04 Å². The lowest BCUT2D eigenvalue weighted by molar-refractivity contribution is -0.123. The highest BCUT2D eigenvalue weighted by molar-refractivity contribution is 5.98. The zero-order valence-electron chi connectivity index (χ0n) is 15.5. The van der Waals surface area contributed by atoms with Gasteiger partial charge in [-0.1, -0.05) is 78.9 Å². The maximum Gasteiger partial charge on any atom is 0.255 e. The lowest BCUT2D eigenvalue weighted by Gasteiger charge is -2.38. The molecule has 0 aromatic heterocycles. The van der Waals surface area contributed by atoms with E-state index in [9.17, 15) is 9.59 Å². The number of rotatable bonds is 6. The van der Waals surface area contributed by atoms with Crippen molar-refractivity contribution in [2.75, 3.05) is 0 Å². The molecule has 1 fully saturated rings. The summed E-state index contributed by atoms with van der Waals surface area (Å²) in [6.45, 7) is 0. The molecule has 0 spiro atoms. The van der Waals surface area contributed by atoms with Crippen molar-refractivity contribution < 1.29 is 9.59 Å². The Hall–Kier alpha value is -3.40. The summed E-state index contributed by atoms with van der Waals surface area (Å²) >= 11 is 0. The quantitative estimate of drug-likeness (QED) is 0.712. The Kier molecular flexibility index (Phi) is 4.70. The molecule has 1 aliphatic rings. The number of nitrogens with zero attached hydrogens (tertiary/aromatic N) is 1. The van der Waals surface area contributed by atoms with Gasteiger partial charge in [0.15, 0.2) is 0 Å². The molecule has 1 atom stereocenters. The van der Waals surface area contributed by atoms with Gasteiger partial charge in [0, 0.05) is 5.56 Å². The Morgan fingerprint density at radius 2 is 1.29 bits per heavy atom. The fraction of sp³-hybridized carbons (Fsp3) is 0.167. The zero-order valence-corrected chi connectivity index (χ0v) is 15.5. The molecule has 140 valence electrons. The van der Waals surface area contributed by atoms with Crippen LogP contribution in [0.5, 0.6) is 0 Å². The third-order valence-corrected chi connectivity index (χ3v) is 5.38. The first kappa shape index (κ1) is 18.0. The first-order chi connectivity index (χ1) is 13.6. The van der Waals surface area contributed by atoms with Crippen LogP contribution >= 0.6 is 0 Å². The van der Waals surface area contributed by atoms with Crippen LogP contribution in [0.4, 0.5) is 0 Å². The lowest BCUT2D eigenvalue weighted by atomic mass is 9.95. The maximum atomic E-state index is 13.6. The third kappa shape index (κ3) is 3.18. The number of primary amides is 1. The summed E-state index contributed by atoms with van der Waals surface area (Å²) in [7, 11) is 0. The fourth-order valence-electron chi connectivity index (χ4n) is 3.89. The average Bonchev–Trinajstić information content (AvgIpc) is 3.55. The van der Waals surface area contributed by atoms with E-state index in [4.69, 9.17) is 5.73 Å². The second-order valence-electron chi connectivity index (χ2n) is 7.15. The number of carbonyl (C=O) groups is 2. The van der Waals surface area contributed by atoms with Crippen LogP contribution < -0.4 is 5.73 Å². The Bertz CT molecular complexity index is 967. The molecule has 4 heteroatoms. The van der Waals surface area contributed by atoms with E-state index >= 15 is 0 Å². The Morgan fingerprint density at radius 3 is 1.79 bits per heavy atom. The predicted molar refractivity (Wildman–Crippen MR) is 108 cm³/mol. The Labute approximate surface area is 164 Å². The molecule has 0 bridgehead atoms. The normalized spacial score (nSPS) is 15.4. The van der Waals surface area contributed by atoms with Crippen molar-refractivity contribution in [3.8, 4) is 0 Å². The average molecular weight is 370 g/mol. The van der Waals surface area contributed by atoms with Crippen LogP contribution in [-0.4, -0.2) is 16.7 Å². The van der Waals surface area contributed by atoms with Gasteiger partial charge in [-0.15, -0.1) is 0 Å². The van der Waals surface area contributed by atoms with Gasteiger partial charge in [-0.05, 0) is 36.1 Å². The molecule has 3 aromatic rings. The fourth-order valence-corrected chi connectivity index (χ4v) is 3.89. The van der Waals surface area contributed by atoms with Crippen molar-refractivity contribution in [2.24, 2.45) is 5.73 Å². The van der Waals surface area contributed by atoms with E-state index in [1.165, 1.54) is 0 Å². The number of hydrogen-bond donors (Lipinski definition) is 1. The van der Waals surface area contributed by atoms with Gasteiger partial charge < -0.3 is 10.6 Å². The molecular weight excluding hydrogens is 348 g/mol. The number of hydrogen-bond acceptors (Lipinski definition) is 2. The molecule has 0 aliphatic heterocycles. The minimum absolute atomic E-state index is 0.186. The minimum Gasteiger partial charge on any atom is -0.368 e. The second-order valence-corrected chi connectivity index (χ2v) is 7.15. The highest BCUT2D eigenvalue weighted by Gasteiger charge is 2.55. The van der Waals surface area contributed by atoms with E-state index in [0.29, 0.717) is 5.56 Å². The number of nitrogens with two attached hydrogens (primary N) is 1. The van der Waals surface area contributed by atoms with Crippen LogP contribution in [0, 0.1) is 0 Å². The van der Waals surface area contributed by atoms with Crippen LogP contribution in [0.1, 0.15) is 40.4 Å². The summed E-state index contributed by atoms with van der Waals surface area (Å²) in [4.78, 5) is 28.0. The molecule has 2 amide bonds. The smallest absolute Gasteiger partial charge is 0.255 e. The second kappa shape index (κ2) is 7.31. The standard InChI is InChI=1S/C24H22N2O2/c25-22(27)21(18-10-4-1-5-11-18)26(23(28)19-12-6-2-7-13-19)24(16-17-24)20-14-8-3-9-15-20/h1-15,21H,16-17H2,(H2,25,27). The number of amides is 2. The minimum atomic E-state index is -0.836. The van der Waals surface area contributed by atoms with Crippen molar-refractivity contribution >= 4 is 11.8 Å². The molecule has 1 saturated carbocycles. The summed E-state index contributed by atoms with van der Waals surface area (Å²) in [6.07, 6.45) is 1.60. The first-order valence-electron chi connectivity index (χ1n) is 9.42. The Morgan fingerprint density at radius 1 is 0.786 bits per heavy atom. The molecule has 3 aromatic carbocycles. The topological polar surface area (TPSA) is 63.4 Å². The van der Waals surface area contributed by atoms with Crippen molar-refractivity contribution in [1.82, 2.24) is 4.90 Å². The SMILES string of the molecule is NC(=O)C(c1ccccc1)N(C(=O)c1ccccc1)C1(c2ccccc2)CC1. The molecule has 4 rings (SSSR count). The van der Waals surface area contributed by atoms with Gasteiger partial charge >= 0.3 is 0 Å². The van der Waals surface area contributed by atoms with Crippen LogP contribution in [0.15, 0.2) is 91.0 Å². The van der Waals surface area contributed by atoms with Gasteiger partial charge in [-0.2, -0.15) is 0 Å². The van der Waals surface area contributed by atoms with Crippen LogP contribution in [0.25, 0.3) is 0 Å². The van der Waals surface area contributed by atoms with Crippen LogP contribution in [-0.2, 0) is 10.3 Å². The van der Waals surface area contributed by atoms with E-state index in [-0.39, 0.29) is 5.91 Å². The molecular formula is C24H22N2O2. The molecule has 2 N–H and O–H groups in total. The zero-order chi connectivity index (χ0) is 19.6. The van der Waals surface area contributed by atoms with E-state index in [1.54, 1.807) is 17.0 Å². The summed E-state index contributed by atoms with van der Waals surface area (Å²) in [6, 6.07) is 27.4. The van der Waals surface area contributed by atoms with E-state index in [0.717, 1.165) is 24.0 Å². The molecule has 28 heavy (non-hydrogen) atoms. The molecule has 4 nitrogen and oxygen atoms in total. The van der Waals surface area contributed by atoms with Gasteiger partial charge in [0.25, 0.3) is 5.91 Å². The summed E-state index contributed by atoms with van der Waals surface area (Å²) in [5, 5.41) is 0. The highest BCUT2D eigenvalue weighted by Crippen LogP contribution is 2.54. The largest absolute Gasteiger partial charge is 0.368 e. The summed E-state index contributed by atoms with van der Waals surface area (Å²) in [5.41, 5.74) is 7.63.